The van der Waals surface area contributed by atoms with E-state index < -0.39 is 0 Å². The lowest BCUT2D eigenvalue weighted by Gasteiger charge is -2.04. The smallest absolute Gasteiger partial charge is 0.213 e. The molecular formula is C7H12N2O. The van der Waals surface area contributed by atoms with E-state index >= 15 is 0 Å². The standard InChI is InChI=1S/C7H12N2O/c1-3-6(4-2)7-8-5-10-9-7/h5-6H,3-4H2,1-2H3. The van der Waals surface area contributed by atoms with E-state index in [9.17, 15) is 0 Å². The van der Waals surface area contributed by atoms with E-state index in [1.807, 2.05) is 0 Å². The van der Waals surface area contributed by atoms with Gasteiger partial charge in [0.25, 0.3) is 0 Å². The molecule has 0 saturated heterocycles. The fourth-order valence-corrected chi connectivity index (χ4v) is 1.01. The highest BCUT2D eigenvalue weighted by Gasteiger charge is 2.10. The van der Waals surface area contributed by atoms with Gasteiger partial charge in [-0.15, -0.1) is 0 Å². The van der Waals surface area contributed by atoms with Crippen LogP contribution in [0.1, 0.15) is 38.4 Å². The fraction of sp³-hybridized carbons (Fsp3) is 0.714. The second-order valence-corrected chi connectivity index (χ2v) is 2.30. The van der Waals surface area contributed by atoms with Crippen LogP contribution in [0.5, 0.6) is 0 Å². The average molecular weight is 140 g/mol. The first-order chi connectivity index (χ1) is 4.88. The zero-order chi connectivity index (χ0) is 7.40. The Hall–Kier alpha value is -0.860. The van der Waals surface area contributed by atoms with Crippen molar-refractivity contribution < 1.29 is 4.52 Å². The van der Waals surface area contributed by atoms with Crippen molar-refractivity contribution in [3.63, 3.8) is 0 Å². The molecule has 1 rings (SSSR count). The molecule has 0 aliphatic rings. The van der Waals surface area contributed by atoms with Gasteiger partial charge in [0, 0.05) is 5.92 Å². The Labute approximate surface area is 60.4 Å². The van der Waals surface area contributed by atoms with Gasteiger partial charge in [0.05, 0.1) is 0 Å². The maximum absolute atomic E-state index is 4.64. The molecule has 1 aromatic heterocycles. The van der Waals surface area contributed by atoms with Gasteiger partial charge in [-0.25, -0.2) is 0 Å². The first-order valence-electron chi connectivity index (χ1n) is 3.64. The van der Waals surface area contributed by atoms with E-state index in [4.69, 9.17) is 0 Å². The number of nitrogens with zero attached hydrogens (tertiary/aromatic N) is 2. The van der Waals surface area contributed by atoms with Crippen LogP contribution in [0.25, 0.3) is 0 Å². The van der Waals surface area contributed by atoms with Crippen LogP contribution in [-0.4, -0.2) is 10.1 Å². The summed E-state index contributed by atoms with van der Waals surface area (Å²) in [5.41, 5.74) is 0. The van der Waals surface area contributed by atoms with Crippen LogP contribution in [0.15, 0.2) is 10.9 Å². The summed E-state index contributed by atoms with van der Waals surface area (Å²) in [6.45, 7) is 4.26. The summed E-state index contributed by atoms with van der Waals surface area (Å²) in [6, 6.07) is 0. The van der Waals surface area contributed by atoms with Gasteiger partial charge in [0.1, 0.15) is 0 Å². The molecule has 0 saturated carbocycles. The van der Waals surface area contributed by atoms with Gasteiger partial charge in [-0.1, -0.05) is 19.0 Å². The van der Waals surface area contributed by atoms with Gasteiger partial charge in [-0.3, -0.25) is 0 Å². The number of rotatable bonds is 3. The maximum atomic E-state index is 4.64. The highest BCUT2D eigenvalue weighted by atomic mass is 16.5. The second kappa shape index (κ2) is 3.34. The highest BCUT2D eigenvalue weighted by molar-refractivity contribution is 4.89. The fourth-order valence-electron chi connectivity index (χ4n) is 1.01. The normalized spacial score (nSPS) is 10.7. The molecule has 3 heteroatoms. The van der Waals surface area contributed by atoms with Gasteiger partial charge >= 0.3 is 0 Å². The first-order valence-corrected chi connectivity index (χ1v) is 3.64. The van der Waals surface area contributed by atoms with E-state index in [2.05, 4.69) is 28.5 Å². The maximum Gasteiger partial charge on any atom is 0.213 e. The molecule has 0 atom stereocenters. The molecule has 1 heterocycles. The summed E-state index contributed by atoms with van der Waals surface area (Å²) in [6.07, 6.45) is 3.54. The highest BCUT2D eigenvalue weighted by Crippen LogP contribution is 2.17. The lowest BCUT2D eigenvalue weighted by atomic mass is 10.0. The average Bonchev–Trinajstić information content (AvgIpc) is 2.43. The first kappa shape index (κ1) is 7.25. The summed E-state index contributed by atoms with van der Waals surface area (Å²) in [7, 11) is 0. The third kappa shape index (κ3) is 1.35. The summed E-state index contributed by atoms with van der Waals surface area (Å²) in [5, 5.41) is 3.77. The zero-order valence-corrected chi connectivity index (χ0v) is 6.37. The molecule has 0 aliphatic carbocycles. The summed E-state index contributed by atoms with van der Waals surface area (Å²) < 4.78 is 4.64. The Bertz CT molecular complexity index is 168. The van der Waals surface area contributed by atoms with Gasteiger partial charge in [-0.05, 0) is 12.8 Å². The van der Waals surface area contributed by atoms with Crippen LogP contribution < -0.4 is 0 Å². The van der Waals surface area contributed by atoms with Crippen LogP contribution in [0.2, 0.25) is 0 Å². The van der Waals surface area contributed by atoms with Gasteiger partial charge in [0.2, 0.25) is 6.39 Å². The zero-order valence-electron chi connectivity index (χ0n) is 6.37. The lowest BCUT2D eigenvalue weighted by Crippen LogP contribution is -1.96. The third-order valence-corrected chi connectivity index (χ3v) is 1.73. The van der Waals surface area contributed by atoms with E-state index in [-0.39, 0.29) is 0 Å². The van der Waals surface area contributed by atoms with Crippen molar-refractivity contribution in [2.45, 2.75) is 32.6 Å². The van der Waals surface area contributed by atoms with E-state index in [0.717, 1.165) is 18.7 Å². The molecule has 0 amide bonds. The van der Waals surface area contributed by atoms with Crippen LogP contribution in [0, 0.1) is 0 Å². The van der Waals surface area contributed by atoms with Gasteiger partial charge in [0.15, 0.2) is 5.82 Å². The predicted octanol–water partition coefficient (Wildman–Crippen LogP) is 1.97. The molecule has 1 aromatic rings. The Morgan fingerprint density at radius 3 is 2.60 bits per heavy atom. The number of hydrogen-bond donors (Lipinski definition) is 0. The minimum Gasteiger partial charge on any atom is -0.343 e. The van der Waals surface area contributed by atoms with Crippen molar-refractivity contribution in [2.24, 2.45) is 0 Å². The Morgan fingerprint density at radius 2 is 2.20 bits per heavy atom. The molecule has 0 aliphatic heterocycles. The van der Waals surface area contributed by atoms with E-state index in [1.165, 1.54) is 6.39 Å². The topological polar surface area (TPSA) is 38.9 Å². The molecule has 56 valence electrons. The molecule has 0 bridgehead atoms. The number of hydrogen-bond acceptors (Lipinski definition) is 3. The Morgan fingerprint density at radius 1 is 1.50 bits per heavy atom. The molecule has 0 aromatic carbocycles. The minimum absolute atomic E-state index is 0.471. The van der Waals surface area contributed by atoms with Crippen LogP contribution in [-0.2, 0) is 0 Å². The van der Waals surface area contributed by atoms with Gasteiger partial charge < -0.3 is 4.52 Å². The van der Waals surface area contributed by atoms with Gasteiger partial charge in [-0.2, -0.15) is 4.98 Å². The quantitative estimate of drug-likeness (QED) is 0.644. The molecule has 0 spiro atoms. The Kier molecular flexibility index (Phi) is 2.42. The van der Waals surface area contributed by atoms with E-state index in [1.54, 1.807) is 0 Å². The third-order valence-electron chi connectivity index (χ3n) is 1.73. The van der Waals surface area contributed by atoms with Crippen molar-refractivity contribution in [3.05, 3.63) is 12.2 Å². The summed E-state index contributed by atoms with van der Waals surface area (Å²) in [5.74, 6) is 1.31. The van der Waals surface area contributed by atoms with Crippen molar-refractivity contribution in [1.29, 1.82) is 0 Å². The van der Waals surface area contributed by atoms with Crippen molar-refractivity contribution in [1.82, 2.24) is 10.1 Å². The predicted molar refractivity (Wildman–Crippen MR) is 37.6 cm³/mol. The molecule has 3 nitrogen and oxygen atoms in total. The van der Waals surface area contributed by atoms with Crippen LogP contribution in [0.4, 0.5) is 0 Å². The molecular weight excluding hydrogens is 128 g/mol. The summed E-state index contributed by atoms with van der Waals surface area (Å²) in [4.78, 5) is 3.98. The monoisotopic (exact) mass is 140 g/mol. The molecule has 0 N–H and O–H groups in total. The largest absolute Gasteiger partial charge is 0.343 e. The Balaban J connectivity index is 2.64. The van der Waals surface area contributed by atoms with Crippen LogP contribution >= 0.6 is 0 Å². The molecule has 0 unspecified atom stereocenters. The summed E-state index contributed by atoms with van der Waals surface area (Å²) >= 11 is 0. The SMILES string of the molecule is CCC(CC)c1ncon1. The molecule has 0 fully saturated rings. The van der Waals surface area contributed by atoms with Crippen molar-refractivity contribution in [3.8, 4) is 0 Å². The molecule has 10 heavy (non-hydrogen) atoms. The van der Waals surface area contributed by atoms with Crippen molar-refractivity contribution >= 4 is 0 Å². The second-order valence-electron chi connectivity index (χ2n) is 2.30. The lowest BCUT2D eigenvalue weighted by molar-refractivity contribution is 0.401. The minimum atomic E-state index is 0.471. The van der Waals surface area contributed by atoms with Crippen molar-refractivity contribution in [2.75, 3.05) is 0 Å². The molecule has 0 radical (unpaired) electrons. The van der Waals surface area contributed by atoms with Crippen LogP contribution in [0.3, 0.4) is 0 Å². The van der Waals surface area contributed by atoms with E-state index in [0.29, 0.717) is 5.92 Å². The number of aromatic nitrogens is 2.